The van der Waals surface area contributed by atoms with Gasteiger partial charge < -0.3 is 10.4 Å². The van der Waals surface area contributed by atoms with Crippen LogP contribution in [0.25, 0.3) is 0 Å². The largest absolute Gasteiger partial charge is 0.481 e. The summed E-state index contributed by atoms with van der Waals surface area (Å²) in [6, 6.07) is 0. The Morgan fingerprint density at radius 3 is 2.56 bits per heavy atom. The zero-order valence-electron chi connectivity index (χ0n) is 8.93. The highest BCUT2D eigenvalue weighted by atomic mass is 16.4. The van der Waals surface area contributed by atoms with E-state index in [0.717, 1.165) is 6.42 Å². The fourth-order valence-corrected chi connectivity index (χ4v) is 2.81. The lowest BCUT2D eigenvalue weighted by Crippen LogP contribution is -2.40. The molecule has 1 amide bonds. The maximum absolute atomic E-state index is 11.9. The van der Waals surface area contributed by atoms with Crippen LogP contribution >= 0.6 is 0 Å². The van der Waals surface area contributed by atoms with E-state index < -0.39 is 17.8 Å². The van der Waals surface area contributed by atoms with Gasteiger partial charge in [-0.15, -0.1) is 6.58 Å². The molecule has 0 radical (unpaired) electrons. The second-order valence-electron chi connectivity index (χ2n) is 4.37. The number of fused-ring (bicyclic) bond motifs is 2. The van der Waals surface area contributed by atoms with Crippen molar-refractivity contribution in [3.05, 3.63) is 24.8 Å². The fourth-order valence-electron chi connectivity index (χ4n) is 2.81. The Bertz CT molecular complexity index is 361. The molecule has 0 aromatic rings. The Kier molecular flexibility index (Phi) is 2.81. The van der Waals surface area contributed by atoms with Gasteiger partial charge in [-0.2, -0.15) is 0 Å². The fraction of sp³-hybridized carbons (Fsp3) is 0.500. The molecule has 0 aromatic carbocycles. The summed E-state index contributed by atoms with van der Waals surface area (Å²) in [5.74, 6) is -1.87. The molecule has 2 N–H and O–H groups in total. The Hall–Kier alpha value is -1.58. The van der Waals surface area contributed by atoms with Gasteiger partial charge in [0.25, 0.3) is 0 Å². The summed E-state index contributed by atoms with van der Waals surface area (Å²) < 4.78 is 0. The summed E-state index contributed by atoms with van der Waals surface area (Å²) in [6.45, 7) is 3.91. The van der Waals surface area contributed by atoms with E-state index in [-0.39, 0.29) is 17.7 Å². The summed E-state index contributed by atoms with van der Waals surface area (Å²) in [5.41, 5.74) is 0. The molecule has 2 aliphatic carbocycles. The van der Waals surface area contributed by atoms with Crippen molar-refractivity contribution in [2.45, 2.75) is 6.42 Å². The summed E-state index contributed by atoms with van der Waals surface area (Å²) in [7, 11) is 0. The second kappa shape index (κ2) is 4.12. The van der Waals surface area contributed by atoms with Crippen molar-refractivity contribution in [3.8, 4) is 0 Å². The van der Waals surface area contributed by atoms with Crippen LogP contribution in [0.3, 0.4) is 0 Å². The molecule has 2 bridgehead atoms. The predicted octanol–water partition coefficient (Wildman–Crippen LogP) is 0.811. The highest BCUT2D eigenvalue weighted by Gasteiger charge is 2.51. The number of hydrogen-bond acceptors (Lipinski definition) is 2. The van der Waals surface area contributed by atoms with E-state index >= 15 is 0 Å². The van der Waals surface area contributed by atoms with Crippen LogP contribution in [0, 0.1) is 23.7 Å². The smallest absolute Gasteiger partial charge is 0.307 e. The molecule has 4 nitrogen and oxygen atoms in total. The van der Waals surface area contributed by atoms with E-state index in [1.165, 1.54) is 0 Å². The molecule has 4 heteroatoms. The van der Waals surface area contributed by atoms with Gasteiger partial charge in [0, 0.05) is 6.54 Å². The molecular weight excluding hydrogens is 206 g/mol. The predicted molar refractivity (Wildman–Crippen MR) is 58.6 cm³/mol. The lowest BCUT2D eigenvalue weighted by Gasteiger charge is -2.23. The van der Waals surface area contributed by atoms with E-state index in [1.807, 2.05) is 12.2 Å². The maximum atomic E-state index is 11.9. The highest BCUT2D eigenvalue weighted by Crippen LogP contribution is 2.48. The quantitative estimate of drug-likeness (QED) is 0.690. The van der Waals surface area contributed by atoms with Gasteiger partial charge in [0.2, 0.25) is 5.91 Å². The lowest BCUT2D eigenvalue weighted by atomic mass is 9.82. The molecule has 1 saturated carbocycles. The molecule has 2 rings (SSSR count). The molecule has 0 saturated heterocycles. The van der Waals surface area contributed by atoms with Gasteiger partial charge in [0.15, 0.2) is 0 Å². The monoisotopic (exact) mass is 221 g/mol. The number of carboxylic acids is 1. The van der Waals surface area contributed by atoms with Gasteiger partial charge in [0.1, 0.15) is 0 Å². The van der Waals surface area contributed by atoms with E-state index in [9.17, 15) is 9.59 Å². The first kappa shape index (κ1) is 10.9. The number of nitrogens with one attached hydrogen (secondary N) is 1. The number of carboxylic acid groups (broad SMARTS) is 1. The number of rotatable bonds is 4. The molecule has 0 spiro atoms. The third-order valence-corrected chi connectivity index (χ3v) is 3.47. The summed E-state index contributed by atoms with van der Waals surface area (Å²) in [5, 5.41) is 11.8. The van der Waals surface area contributed by atoms with Crippen molar-refractivity contribution in [2.75, 3.05) is 6.54 Å². The first-order valence-electron chi connectivity index (χ1n) is 5.45. The molecule has 16 heavy (non-hydrogen) atoms. The van der Waals surface area contributed by atoms with Crippen LogP contribution in [0.2, 0.25) is 0 Å². The van der Waals surface area contributed by atoms with Crippen molar-refractivity contribution in [1.82, 2.24) is 5.32 Å². The number of amides is 1. The molecule has 1 fully saturated rings. The van der Waals surface area contributed by atoms with Crippen LogP contribution in [0.4, 0.5) is 0 Å². The Balaban J connectivity index is 2.13. The van der Waals surface area contributed by atoms with Crippen molar-refractivity contribution < 1.29 is 14.7 Å². The van der Waals surface area contributed by atoms with Crippen molar-refractivity contribution in [2.24, 2.45) is 23.7 Å². The zero-order chi connectivity index (χ0) is 11.7. The summed E-state index contributed by atoms with van der Waals surface area (Å²) >= 11 is 0. The molecule has 4 atom stereocenters. The molecule has 0 aromatic heterocycles. The average Bonchev–Trinajstić information content (AvgIpc) is 2.84. The van der Waals surface area contributed by atoms with Crippen LogP contribution in [0.5, 0.6) is 0 Å². The van der Waals surface area contributed by atoms with Gasteiger partial charge in [0.05, 0.1) is 11.8 Å². The highest BCUT2D eigenvalue weighted by molar-refractivity contribution is 5.86. The minimum atomic E-state index is -0.865. The average molecular weight is 221 g/mol. The van der Waals surface area contributed by atoms with Gasteiger partial charge in [-0.25, -0.2) is 0 Å². The lowest BCUT2D eigenvalue weighted by molar-refractivity contribution is -0.147. The Morgan fingerprint density at radius 1 is 1.38 bits per heavy atom. The number of allylic oxidation sites excluding steroid dienone is 2. The molecule has 0 heterocycles. The van der Waals surface area contributed by atoms with Crippen molar-refractivity contribution in [3.63, 3.8) is 0 Å². The summed E-state index contributed by atoms with van der Waals surface area (Å²) in [6.07, 6.45) is 6.29. The first-order chi connectivity index (χ1) is 7.65. The van der Waals surface area contributed by atoms with Gasteiger partial charge in [-0.05, 0) is 18.3 Å². The molecular formula is C12H15NO3. The minimum Gasteiger partial charge on any atom is -0.481 e. The topological polar surface area (TPSA) is 66.4 Å². The molecule has 2 aliphatic rings. The van der Waals surface area contributed by atoms with Crippen molar-refractivity contribution >= 4 is 11.9 Å². The normalized spacial score (nSPS) is 35.0. The molecule has 0 aliphatic heterocycles. The number of carbonyl (C=O) groups is 2. The van der Waals surface area contributed by atoms with E-state index in [0.29, 0.717) is 6.54 Å². The summed E-state index contributed by atoms with van der Waals surface area (Å²) in [4.78, 5) is 23.0. The molecule has 86 valence electrons. The van der Waals surface area contributed by atoms with Crippen LogP contribution < -0.4 is 5.32 Å². The standard InChI is InChI=1S/C12H15NO3/c1-2-5-13-11(14)9-7-3-4-8(6-7)10(9)12(15)16/h2-4,7-10H,1,5-6H2,(H,13,14)(H,15,16)/t7-,8+,9+,10-/m0/s1. The third-order valence-electron chi connectivity index (χ3n) is 3.47. The Morgan fingerprint density at radius 2 is 2.00 bits per heavy atom. The SMILES string of the molecule is C=CCNC(=O)[C@H]1[C@@H](C(=O)O)[C@@H]2C=C[C@H]1C2. The Labute approximate surface area is 94.0 Å². The second-order valence-corrected chi connectivity index (χ2v) is 4.37. The van der Waals surface area contributed by atoms with Crippen LogP contribution in [0.15, 0.2) is 24.8 Å². The number of aliphatic carboxylic acids is 1. The van der Waals surface area contributed by atoms with Gasteiger partial charge >= 0.3 is 5.97 Å². The maximum Gasteiger partial charge on any atom is 0.307 e. The number of carbonyl (C=O) groups excluding carboxylic acids is 1. The van der Waals surface area contributed by atoms with Gasteiger partial charge in [-0.1, -0.05) is 18.2 Å². The van der Waals surface area contributed by atoms with Crippen LogP contribution in [-0.2, 0) is 9.59 Å². The van der Waals surface area contributed by atoms with E-state index in [4.69, 9.17) is 5.11 Å². The van der Waals surface area contributed by atoms with Gasteiger partial charge in [-0.3, -0.25) is 9.59 Å². The van der Waals surface area contributed by atoms with Crippen LogP contribution in [0.1, 0.15) is 6.42 Å². The minimum absolute atomic E-state index is 0.0296. The third kappa shape index (κ3) is 1.64. The molecule has 0 unspecified atom stereocenters. The first-order valence-corrected chi connectivity index (χ1v) is 5.45. The van der Waals surface area contributed by atoms with E-state index in [1.54, 1.807) is 6.08 Å². The van der Waals surface area contributed by atoms with Crippen LogP contribution in [-0.4, -0.2) is 23.5 Å². The van der Waals surface area contributed by atoms with Crippen molar-refractivity contribution in [1.29, 1.82) is 0 Å². The van der Waals surface area contributed by atoms with E-state index in [2.05, 4.69) is 11.9 Å². The number of hydrogen-bond donors (Lipinski definition) is 2. The zero-order valence-corrected chi connectivity index (χ0v) is 8.93.